The van der Waals surface area contributed by atoms with E-state index in [9.17, 15) is 18.0 Å². The molecule has 1 aliphatic rings. The lowest BCUT2D eigenvalue weighted by atomic mass is 9.96. The van der Waals surface area contributed by atoms with Gasteiger partial charge in [0.2, 0.25) is 5.91 Å². The number of aryl methyl sites for hydroxylation is 1. The van der Waals surface area contributed by atoms with E-state index in [4.69, 9.17) is 0 Å². The van der Waals surface area contributed by atoms with Crippen molar-refractivity contribution in [3.8, 4) is 0 Å². The molecule has 11 heteroatoms. The largest absolute Gasteiger partial charge is 0.453 e. The van der Waals surface area contributed by atoms with E-state index in [1.54, 1.807) is 37.4 Å². The fraction of sp³-hybridized carbons (Fsp3) is 0.389. The van der Waals surface area contributed by atoms with Gasteiger partial charge in [-0.05, 0) is 31.9 Å². The van der Waals surface area contributed by atoms with E-state index < -0.39 is 12.0 Å². The summed E-state index contributed by atoms with van der Waals surface area (Å²) in [6, 6.07) is 6.94. The predicted molar refractivity (Wildman–Crippen MR) is 98.3 cm³/mol. The first kappa shape index (κ1) is 19.1. The molecule has 1 amide bonds. The number of carbonyl (C=O) groups is 1. The molecular formula is C18H18F3N7O. The standard InChI is InChI=1S/C18H18F3N7O/c1-11-10-14(28-17(23-11)25-16(26-28)18(19,20)21)27-8-5-12(6-9-27)15(29)24-13-4-2-3-7-22-13/h2-4,7,10,12H,5-6,8-9H2,1H3,(H,22,24,29). The number of hydrogen-bond donors (Lipinski definition) is 1. The molecule has 8 nitrogen and oxygen atoms in total. The van der Waals surface area contributed by atoms with Crippen molar-refractivity contribution in [2.75, 3.05) is 23.3 Å². The highest BCUT2D eigenvalue weighted by molar-refractivity contribution is 5.91. The van der Waals surface area contributed by atoms with E-state index in [0.717, 1.165) is 4.52 Å². The Kier molecular flexibility index (Phi) is 4.81. The lowest BCUT2D eigenvalue weighted by molar-refractivity contribution is -0.144. The van der Waals surface area contributed by atoms with Crippen molar-refractivity contribution in [3.05, 3.63) is 42.0 Å². The Bertz CT molecular complexity index is 1030. The van der Waals surface area contributed by atoms with E-state index in [2.05, 4.69) is 25.4 Å². The predicted octanol–water partition coefficient (Wildman–Crippen LogP) is 2.70. The van der Waals surface area contributed by atoms with E-state index >= 15 is 0 Å². The third-order valence-corrected chi connectivity index (χ3v) is 4.78. The monoisotopic (exact) mass is 405 g/mol. The lowest BCUT2D eigenvalue weighted by Gasteiger charge is -2.32. The quantitative estimate of drug-likeness (QED) is 0.721. The zero-order valence-electron chi connectivity index (χ0n) is 15.5. The number of hydrogen-bond acceptors (Lipinski definition) is 6. The van der Waals surface area contributed by atoms with Crippen LogP contribution >= 0.6 is 0 Å². The molecule has 0 bridgehead atoms. The number of carbonyl (C=O) groups excluding carboxylic acids is 1. The molecule has 1 aliphatic heterocycles. The molecule has 0 radical (unpaired) electrons. The highest BCUT2D eigenvalue weighted by Crippen LogP contribution is 2.29. The molecule has 0 atom stereocenters. The Labute approximate surface area is 163 Å². The van der Waals surface area contributed by atoms with Gasteiger partial charge < -0.3 is 10.2 Å². The van der Waals surface area contributed by atoms with E-state index in [0.29, 0.717) is 43.3 Å². The second-order valence-corrected chi connectivity index (χ2v) is 6.87. The first-order valence-electron chi connectivity index (χ1n) is 9.10. The van der Waals surface area contributed by atoms with Crippen LogP contribution in [0.1, 0.15) is 24.4 Å². The van der Waals surface area contributed by atoms with Crippen LogP contribution in [-0.4, -0.2) is 43.6 Å². The topological polar surface area (TPSA) is 88.3 Å². The maximum absolute atomic E-state index is 13.0. The minimum absolute atomic E-state index is 0.0951. The van der Waals surface area contributed by atoms with Crippen LogP contribution in [-0.2, 0) is 11.0 Å². The number of fused-ring (bicyclic) bond motifs is 1. The number of nitrogens with one attached hydrogen (secondary N) is 1. The lowest BCUT2D eigenvalue weighted by Crippen LogP contribution is -2.39. The number of piperidine rings is 1. The molecule has 1 fully saturated rings. The van der Waals surface area contributed by atoms with Crippen LogP contribution in [0.3, 0.4) is 0 Å². The zero-order chi connectivity index (χ0) is 20.6. The van der Waals surface area contributed by atoms with Crippen molar-refractivity contribution < 1.29 is 18.0 Å². The molecule has 1 saturated heterocycles. The summed E-state index contributed by atoms with van der Waals surface area (Å²) < 4.78 is 40.1. The molecule has 0 aliphatic carbocycles. The number of rotatable bonds is 3. The van der Waals surface area contributed by atoms with Crippen LogP contribution in [0.2, 0.25) is 0 Å². The SMILES string of the molecule is Cc1cc(N2CCC(C(=O)Nc3ccccn3)CC2)n2nc(C(F)(F)F)nc2n1. The summed E-state index contributed by atoms with van der Waals surface area (Å²) in [5, 5.41) is 6.39. The number of pyridine rings is 1. The van der Waals surface area contributed by atoms with E-state index in [1.807, 2.05) is 4.90 Å². The summed E-state index contributed by atoms with van der Waals surface area (Å²) in [6.07, 6.45) is -1.93. The van der Waals surface area contributed by atoms with Gasteiger partial charge in [-0.1, -0.05) is 6.07 Å². The highest BCUT2D eigenvalue weighted by Gasteiger charge is 2.37. The van der Waals surface area contributed by atoms with Crippen LogP contribution in [0.15, 0.2) is 30.5 Å². The van der Waals surface area contributed by atoms with Gasteiger partial charge in [-0.3, -0.25) is 4.79 Å². The Morgan fingerprint density at radius 3 is 2.62 bits per heavy atom. The van der Waals surface area contributed by atoms with Crippen LogP contribution in [0.4, 0.5) is 24.8 Å². The molecule has 29 heavy (non-hydrogen) atoms. The molecule has 152 valence electrons. The summed E-state index contributed by atoms with van der Waals surface area (Å²) >= 11 is 0. The molecule has 3 aromatic heterocycles. The van der Waals surface area contributed by atoms with Crippen molar-refractivity contribution in [3.63, 3.8) is 0 Å². The van der Waals surface area contributed by atoms with Gasteiger partial charge in [-0.15, -0.1) is 5.10 Å². The minimum atomic E-state index is -4.64. The second-order valence-electron chi connectivity index (χ2n) is 6.87. The Balaban J connectivity index is 1.50. The Hall–Kier alpha value is -3.24. The van der Waals surface area contributed by atoms with Gasteiger partial charge in [0.05, 0.1) is 0 Å². The average molecular weight is 405 g/mol. The fourth-order valence-corrected chi connectivity index (χ4v) is 3.35. The summed E-state index contributed by atoms with van der Waals surface area (Å²) in [6.45, 7) is 2.69. The fourth-order valence-electron chi connectivity index (χ4n) is 3.35. The number of anilines is 2. The van der Waals surface area contributed by atoms with Crippen molar-refractivity contribution in [1.82, 2.24) is 24.6 Å². The molecule has 1 N–H and O–H groups in total. The normalized spacial score (nSPS) is 15.7. The van der Waals surface area contributed by atoms with Gasteiger partial charge in [-0.2, -0.15) is 22.7 Å². The smallest absolute Gasteiger partial charge is 0.356 e. The minimum Gasteiger partial charge on any atom is -0.356 e. The first-order chi connectivity index (χ1) is 13.8. The maximum Gasteiger partial charge on any atom is 0.453 e. The zero-order valence-corrected chi connectivity index (χ0v) is 15.5. The van der Waals surface area contributed by atoms with E-state index in [1.165, 1.54) is 0 Å². The highest BCUT2D eigenvalue weighted by atomic mass is 19.4. The number of nitrogens with zero attached hydrogens (tertiary/aromatic N) is 6. The van der Waals surface area contributed by atoms with Crippen LogP contribution in [0, 0.1) is 12.8 Å². The third kappa shape index (κ3) is 3.98. The van der Waals surface area contributed by atoms with Crippen molar-refractivity contribution in [2.24, 2.45) is 5.92 Å². The number of amides is 1. The van der Waals surface area contributed by atoms with Crippen LogP contribution in [0.5, 0.6) is 0 Å². The Morgan fingerprint density at radius 2 is 1.97 bits per heavy atom. The number of aromatic nitrogens is 5. The van der Waals surface area contributed by atoms with E-state index in [-0.39, 0.29) is 17.6 Å². The van der Waals surface area contributed by atoms with Gasteiger partial charge >= 0.3 is 6.18 Å². The molecule has 0 spiro atoms. The summed E-state index contributed by atoms with van der Waals surface area (Å²) in [5.41, 5.74) is 0.545. The number of alkyl halides is 3. The molecule has 0 aromatic carbocycles. The molecule has 4 heterocycles. The van der Waals surface area contributed by atoms with Crippen molar-refractivity contribution in [2.45, 2.75) is 25.9 Å². The van der Waals surface area contributed by atoms with Crippen molar-refractivity contribution in [1.29, 1.82) is 0 Å². The average Bonchev–Trinajstić information content (AvgIpc) is 3.13. The summed E-state index contributed by atoms with van der Waals surface area (Å²) in [7, 11) is 0. The summed E-state index contributed by atoms with van der Waals surface area (Å²) in [4.78, 5) is 26.0. The first-order valence-corrected chi connectivity index (χ1v) is 9.10. The van der Waals surface area contributed by atoms with Crippen LogP contribution in [0.25, 0.3) is 5.78 Å². The van der Waals surface area contributed by atoms with Gasteiger partial charge in [0.15, 0.2) is 0 Å². The molecule has 3 aromatic rings. The maximum atomic E-state index is 13.0. The third-order valence-electron chi connectivity index (χ3n) is 4.78. The van der Waals surface area contributed by atoms with Gasteiger partial charge in [0.1, 0.15) is 11.6 Å². The van der Waals surface area contributed by atoms with Crippen LogP contribution < -0.4 is 10.2 Å². The molecular weight excluding hydrogens is 387 g/mol. The second kappa shape index (κ2) is 7.30. The van der Waals surface area contributed by atoms with Gasteiger partial charge in [0.25, 0.3) is 11.6 Å². The van der Waals surface area contributed by atoms with Gasteiger partial charge in [0, 0.05) is 37.0 Å². The number of halogens is 3. The molecule has 4 rings (SSSR count). The van der Waals surface area contributed by atoms with Gasteiger partial charge in [-0.25, -0.2) is 9.97 Å². The summed E-state index contributed by atoms with van der Waals surface area (Å²) in [5.74, 6) is -0.649. The van der Waals surface area contributed by atoms with Crippen molar-refractivity contribution >= 4 is 23.3 Å². The molecule has 0 unspecified atom stereocenters. The molecule has 0 saturated carbocycles. The Morgan fingerprint density at radius 1 is 1.21 bits per heavy atom.